The molecule has 0 fully saturated rings. The van der Waals surface area contributed by atoms with Crippen molar-refractivity contribution in [1.82, 2.24) is 0 Å². The van der Waals surface area contributed by atoms with E-state index in [1.54, 1.807) is 67.9 Å². The fourth-order valence-electron chi connectivity index (χ4n) is 12.3. The number of carbonyl (C=O) groups is 4. The number of carboxylic acid groups (broad SMARTS) is 2. The minimum atomic E-state index is -1.26. The van der Waals surface area contributed by atoms with E-state index in [0.29, 0.717) is 118 Å². The fourth-order valence-corrected chi connectivity index (χ4v) is 12.3. The van der Waals surface area contributed by atoms with Crippen LogP contribution in [0.5, 0.6) is 57.5 Å². The van der Waals surface area contributed by atoms with Gasteiger partial charge in [-0.15, -0.1) is 0 Å². The number of methoxy groups -OCH3 is 2. The van der Waals surface area contributed by atoms with Crippen molar-refractivity contribution in [3.63, 3.8) is 0 Å². The molecular weight excluding hydrogens is 1340 g/mol. The van der Waals surface area contributed by atoms with Gasteiger partial charge in [0.1, 0.15) is 106 Å². The number of benzene rings is 10. The van der Waals surface area contributed by atoms with Gasteiger partial charge in [0.25, 0.3) is 0 Å². The summed E-state index contributed by atoms with van der Waals surface area (Å²) in [4.78, 5) is 51.1. The van der Waals surface area contributed by atoms with E-state index in [1.807, 2.05) is 170 Å². The zero-order valence-corrected chi connectivity index (χ0v) is 61.0. The smallest absolute Gasteiger partial charge is 0.344 e. The summed E-state index contributed by atoms with van der Waals surface area (Å²) in [5.41, 5.74) is 8.75. The highest BCUT2D eigenvalue weighted by Crippen LogP contribution is 2.42. The number of rotatable bonds is 35. The van der Waals surface area contributed by atoms with Gasteiger partial charge in [0, 0.05) is 35.1 Å². The number of aromatic carboxylic acids is 2. The third-order valence-corrected chi connectivity index (χ3v) is 17.2. The SMILES string of the molecule is COc1c(CCc2cc(OCc3ccccc3)cc(Cc3cc(OCC(=O)OC(C)(C)C)c(CCc4ccc(O)c(C(=O)O)c4)cc3OCc3ccccc3)c2OC)cc(OCc2ccccc2)cc1Cc1cc(OCC(=O)OC(C)(C)C)c(CCc2ccc(O)c(C(=O)O)c2)cc1OCc1ccccc1. The van der Waals surface area contributed by atoms with E-state index < -0.39 is 48.3 Å². The number of ether oxygens (including phenoxy) is 10. The zero-order chi connectivity index (χ0) is 75.3. The van der Waals surface area contributed by atoms with Crippen LogP contribution in [0.3, 0.4) is 0 Å². The van der Waals surface area contributed by atoms with E-state index in [0.717, 1.165) is 44.5 Å². The molecule has 0 aliphatic carbocycles. The summed E-state index contributed by atoms with van der Waals surface area (Å²) >= 11 is 0. The Kier molecular flexibility index (Phi) is 26.0. The van der Waals surface area contributed by atoms with Gasteiger partial charge in [-0.25, -0.2) is 19.2 Å². The number of carboxylic acids is 2. The maximum Gasteiger partial charge on any atom is 0.344 e. The lowest BCUT2D eigenvalue weighted by atomic mass is 9.93. The first-order valence-corrected chi connectivity index (χ1v) is 35.1. The predicted octanol–water partition coefficient (Wildman–Crippen LogP) is 16.8. The first-order valence-electron chi connectivity index (χ1n) is 35.1. The molecule has 0 saturated carbocycles. The number of esters is 2. The van der Waals surface area contributed by atoms with Gasteiger partial charge >= 0.3 is 23.9 Å². The zero-order valence-electron chi connectivity index (χ0n) is 61.0. The van der Waals surface area contributed by atoms with Crippen LogP contribution in [0, 0.1) is 0 Å². The van der Waals surface area contributed by atoms with Crippen LogP contribution in [-0.4, -0.2) is 82.9 Å². The lowest BCUT2D eigenvalue weighted by Crippen LogP contribution is -2.27. The van der Waals surface area contributed by atoms with Crippen molar-refractivity contribution >= 4 is 23.9 Å². The van der Waals surface area contributed by atoms with Gasteiger partial charge in [-0.3, -0.25) is 0 Å². The molecule has 0 bridgehead atoms. The Hall–Kier alpha value is -11.9. The third kappa shape index (κ3) is 22.3. The van der Waals surface area contributed by atoms with Gasteiger partial charge < -0.3 is 67.8 Å². The molecule has 550 valence electrons. The van der Waals surface area contributed by atoms with Crippen LogP contribution in [-0.2, 0) is 96.9 Å². The highest BCUT2D eigenvalue weighted by Gasteiger charge is 2.26. The highest BCUT2D eigenvalue weighted by molar-refractivity contribution is 5.91. The summed E-state index contributed by atoms with van der Waals surface area (Å²) in [7, 11) is 3.26. The highest BCUT2D eigenvalue weighted by atomic mass is 16.6. The minimum absolute atomic E-state index is 0.197. The van der Waals surface area contributed by atoms with Crippen LogP contribution in [0.4, 0.5) is 0 Å². The molecule has 0 radical (unpaired) electrons. The van der Waals surface area contributed by atoms with Crippen LogP contribution in [0.15, 0.2) is 206 Å². The summed E-state index contributed by atoms with van der Waals surface area (Å²) in [6.45, 7) is 10.7. The molecule has 0 aliphatic rings. The van der Waals surface area contributed by atoms with Crippen LogP contribution in [0.1, 0.15) is 140 Å². The lowest BCUT2D eigenvalue weighted by molar-refractivity contribution is -0.158. The van der Waals surface area contributed by atoms with Crippen molar-refractivity contribution < 1.29 is 87.0 Å². The van der Waals surface area contributed by atoms with Gasteiger partial charge in [-0.05, 0) is 208 Å². The number of carbonyl (C=O) groups excluding carboxylic acids is 2. The van der Waals surface area contributed by atoms with Gasteiger partial charge in [-0.1, -0.05) is 133 Å². The monoisotopic (exact) mass is 1430 g/mol. The van der Waals surface area contributed by atoms with Crippen molar-refractivity contribution in [3.05, 3.63) is 295 Å². The van der Waals surface area contributed by atoms with E-state index in [-0.39, 0.29) is 61.9 Å². The lowest BCUT2D eigenvalue weighted by Gasteiger charge is -2.22. The topological polar surface area (TPSA) is 241 Å². The maximum absolute atomic E-state index is 13.4. The predicted molar refractivity (Wildman–Crippen MR) is 403 cm³/mol. The average Bonchev–Trinajstić information content (AvgIpc) is 0.796. The Balaban J connectivity index is 1.07. The van der Waals surface area contributed by atoms with Crippen molar-refractivity contribution in [2.24, 2.45) is 0 Å². The molecule has 10 aromatic rings. The molecule has 106 heavy (non-hydrogen) atoms. The van der Waals surface area contributed by atoms with Crippen molar-refractivity contribution in [3.8, 4) is 57.5 Å². The third-order valence-electron chi connectivity index (χ3n) is 17.2. The molecule has 0 aliphatic heterocycles. The van der Waals surface area contributed by atoms with Crippen molar-refractivity contribution in [2.45, 2.75) is 131 Å². The molecule has 4 N–H and O–H groups in total. The second-order valence-corrected chi connectivity index (χ2v) is 27.7. The minimum Gasteiger partial charge on any atom is -0.507 e. The summed E-state index contributed by atoms with van der Waals surface area (Å²) in [6.07, 6.45) is 2.50. The summed E-state index contributed by atoms with van der Waals surface area (Å²) in [5.74, 6) is -0.343. The molecule has 18 nitrogen and oxygen atoms in total. The normalized spacial score (nSPS) is 11.3. The largest absolute Gasteiger partial charge is 0.507 e. The average molecular weight is 1440 g/mol. The molecule has 0 atom stereocenters. The van der Waals surface area contributed by atoms with Crippen molar-refractivity contribution in [1.29, 1.82) is 0 Å². The molecule has 0 heterocycles. The second-order valence-electron chi connectivity index (χ2n) is 27.7. The Morgan fingerprint density at radius 2 is 0.623 bits per heavy atom. The number of hydrogen-bond donors (Lipinski definition) is 4. The Labute approximate surface area is 618 Å². The van der Waals surface area contributed by atoms with Gasteiger partial charge in [0.2, 0.25) is 0 Å². The number of aryl methyl sites for hydroxylation is 6. The molecule has 0 amide bonds. The molecule has 10 rings (SSSR count). The van der Waals surface area contributed by atoms with E-state index in [2.05, 4.69) is 0 Å². The van der Waals surface area contributed by atoms with Gasteiger partial charge in [-0.2, -0.15) is 0 Å². The van der Waals surface area contributed by atoms with Crippen LogP contribution in [0.2, 0.25) is 0 Å². The van der Waals surface area contributed by atoms with Crippen LogP contribution in [0.25, 0.3) is 0 Å². The molecule has 0 saturated heterocycles. The maximum atomic E-state index is 13.4. The van der Waals surface area contributed by atoms with Crippen LogP contribution >= 0.6 is 0 Å². The van der Waals surface area contributed by atoms with E-state index in [4.69, 9.17) is 47.4 Å². The van der Waals surface area contributed by atoms with Crippen LogP contribution < -0.4 is 37.9 Å². The number of aromatic hydroxyl groups is 2. The summed E-state index contributed by atoms with van der Waals surface area (Å²) < 4.78 is 64.3. The molecule has 10 aromatic carbocycles. The van der Waals surface area contributed by atoms with Gasteiger partial charge in [0.05, 0.1) is 14.2 Å². The second kappa shape index (κ2) is 36.0. The van der Waals surface area contributed by atoms with Gasteiger partial charge in [0.15, 0.2) is 13.2 Å². The van der Waals surface area contributed by atoms with E-state index in [9.17, 15) is 39.6 Å². The number of hydrogen-bond acceptors (Lipinski definition) is 16. The summed E-state index contributed by atoms with van der Waals surface area (Å²) in [5, 5.41) is 40.6. The molecule has 18 heteroatoms. The first kappa shape index (κ1) is 76.7. The van der Waals surface area contributed by atoms with E-state index in [1.165, 1.54) is 24.3 Å². The Morgan fingerprint density at radius 3 is 0.943 bits per heavy atom. The Morgan fingerprint density at radius 1 is 0.321 bits per heavy atom. The molecule has 0 unspecified atom stereocenters. The van der Waals surface area contributed by atoms with E-state index >= 15 is 0 Å². The molecule has 0 aromatic heterocycles. The molecule has 0 spiro atoms. The summed E-state index contributed by atoms with van der Waals surface area (Å²) in [6, 6.07) is 63.6. The Bertz CT molecular complexity index is 4360. The fraction of sp³-hybridized carbons (Fsp3) is 0.273. The van der Waals surface area contributed by atoms with Crippen molar-refractivity contribution in [2.75, 3.05) is 27.4 Å². The first-order chi connectivity index (χ1) is 50.9. The quantitative estimate of drug-likeness (QED) is 0.0270. The number of phenols is 2. The standard InChI is InChI=1S/C88H90O18/c1-87(2,3)105-81(91)55-103-77-49-67(79(101-53-61-25-17-11-18-26-61)47-63(77)33-29-57-31-37-75(89)73(39-57)85(93)94)41-69-45-71(99-51-59-21-13-9-14-22-59)43-65(83(69)97-7)35-36-66-44-72(100-52-60-23-15-10-16-24-60)46-70(84(66)98-8)42-68-50-78(104-56-82(92)106-88(4,5)6)64(48-80(68)102-54-62-27-19-12-20-28-62)34-30-58-32-38-76(90)74(40-58)86(95)96/h9-28,31-32,37-40,43-50,89-90H,29-30,33-36,41-42,51-56H2,1-8H3,(H,93,94)(H,95,96). The molecular formula is C88H90O18.